The standard InChI is InChI=1S/C22H20ClNO2/c1-2-14-25-22-13-8-17(15-21(22)23)16-24-18-9-11-20(12-10-18)26-19-6-4-3-5-7-19/h3-13,15-16H,2,14H2,1H3. The van der Waals surface area contributed by atoms with Crippen molar-refractivity contribution in [2.45, 2.75) is 13.3 Å². The summed E-state index contributed by atoms with van der Waals surface area (Å²) in [5.41, 5.74) is 1.76. The van der Waals surface area contributed by atoms with Gasteiger partial charge < -0.3 is 9.47 Å². The molecule has 3 aromatic carbocycles. The van der Waals surface area contributed by atoms with Crippen molar-refractivity contribution in [1.29, 1.82) is 0 Å². The van der Waals surface area contributed by atoms with E-state index in [9.17, 15) is 0 Å². The van der Waals surface area contributed by atoms with Crippen LogP contribution in [0.1, 0.15) is 18.9 Å². The van der Waals surface area contributed by atoms with Crippen molar-refractivity contribution in [2.24, 2.45) is 4.99 Å². The van der Waals surface area contributed by atoms with Crippen molar-refractivity contribution in [1.82, 2.24) is 0 Å². The Morgan fingerprint density at radius 1 is 0.923 bits per heavy atom. The zero-order valence-electron chi connectivity index (χ0n) is 14.6. The molecule has 26 heavy (non-hydrogen) atoms. The number of rotatable bonds is 7. The van der Waals surface area contributed by atoms with Gasteiger partial charge in [0.2, 0.25) is 0 Å². The highest BCUT2D eigenvalue weighted by Crippen LogP contribution is 2.26. The van der Waals surface area contributed by atoms with Gasteiger partial charge in [-0.15, -0.1) is 0 Å². The van der Waals surface area contributed by atoms with Gasteiger partial charge in [-0.05, 0) is 66.6 Å². The third-order valence-electron chi connectivity index (χ3n) is 3.60. The van der Waals surface area contributed by atoms with Crippen molar-refractivity contribution < 1.29 is 9.47 Å². The zero-order chi connectivity index (χ0) is 18.2. The quantitative estimate of drug-likeness (QED) is 0.437. The molecule has 132 valence electrons. The Morgan fingerprint density at radius 2 is 1.65 bits per heavy atom. The summed E-state index contributed by atoms with van der Waals surface area (Å²) in [4.78, 5) is 4.48. The molecule has 0 bridgehead atoms. The number of hydrogen-bond acceptors (Lipinski definition) is 3. The van der Waals surface area contributed by atoms with Gasteiger partial charge in [-0.25, -0.2) is 0 Å². The van der Waals surface area contributed by atoms with E-state index in [0.29, 0.717) is 17.4 Å². The van der Waals surface area contributed by atoms with Crippen LogP contribution in [0.3, 0.4) is 0 Å². The van der Waals surface area contributed by atoms with E-state index in [0.717, 1.165) is 29.2 Å². The second kappa shape index (κ2) is 9.07. The molecule has 3 aromatic rings. The molecule has 0 amide bonds. The van der Waals surface area contributed by atoms with Crippen LogP contribution in [0, 0.1) is 0 Å². The number of ether oxygens (including phenoxy) is 2. The number of halogens is 1. The molecule has 0 radical (unpaired) electrons. The number of aliphatic imine (C=N–C) groups is 1. The molecule has 0 aliphatic heterocycles. The molecular weight excluding hydrogens is 346 g/mol. The lowest BCUT2D eigenvalue weighted by Crippen LogP contribution is -1.96. The summed E-state index contributed by atoms with van der Waals surface area (Å²) >= 11 is 6.24. The molecular formula is C22H20ClNO2. The highest BCUT2D eigenvalue weighted by molar-refractivity contribution is 6.32. The molecule has 0 N–H and O–H groups in total. The first kappa shape index (κ1) is 18.0. The fraction of sp³-hybridized carbons (Fsp3) is 0.136. The first-order valence-electron chi connectivity index (χ1n) is 8.54. The molecule has 0 aliphatic carbocycles. The van der Waals surface area contributed by atoms with Crippen LogP contribution < -0.4 is 9.47 Å². The average Bonchev–Trinajstić information content (AvgIpc) is 2.67. The van der Waals surface area contributed by atoms with Crippen LogP contribution in [0.4, 0.5) is 5.69 Å². The molecule has 0 aliphatic rings. The summed E-state index contributed by atoms with van der Waals surface area (Å²) in [7, 11) is 0. The Hall–Kier alpha value is -2.78. The van der Waals surface area contributed by atoms with Gasteiger partial charge in [-0.1, -0.05) is 36.7 Å². The summed E-state index contributed by atoms with van der Waals surface area (Å²) < 4.78 is 11.3. The molecule has 0 saturated heterocycles. The van der Waals surface area contributed by atoms with E-state index in [-0.39, 0.29) is 0 Å². The maximum atomic E-state index is 6.24. The molecule has 0 fully saturated rings. The van der Waals surface area contributed by atoms with Gasteiger partial charge in [0, 0.05) is 6.21 Å². The first-order valence-corrected chi connectivity index (χ1v) is 8.92. The van der Waals surface area contributed by atoms with E-state index in [1.807, 2.05) is 72.8 Å². The molecule has 0 heterocycles. The monoisotopic (exact) mass is 365 g/mol. The van der Waals surface area contributed by atoms with Crippen molar-refractivity contribution in [3.05, 3.63) is 83.4 Å². The normalized spacial score (nSPS) is 10.8. The van der Waals surface area contributed by atoms with Gasteiger partial charge in [0.05, 0.1) is 17.3 Å². The van der Waals surface area contributed by atoms with Gasteiger partial charge in [-0.2, -0.15) is 0 Å². The second-order valence-corrected chi connectivity index (χ2v) is 6.11. The lowest BCUT2D eigenvalue weighted by atomic mass is 10.2. The van der Waals surface area contributed by atoms with E-state index in [2.05, 4.69) is 11.9 Å². The van der Waals surface area contributed by atoms with Crippen LogP contribution in [-0.2, 0) is 0 Å². The summed E-state index contributed by atoms with van der Waals surface area (Å²) in [5, 5.41) is 0.592. The van der Waals surface area contributed by atoms with Crippen molar-refractivity contribution in [3.63, 3.8) is 0 Å². The van der Waals surface area contributed by atoms with E-state index in [1.165, 1.54) is 0 Å². The maximum Gasteiger partial charge on any atom is 0.137 e. The minimum absolute atomic E-state index is 0.592. The first-order chi connectivity index (χ1) is 12.7. The molecule has 4 heteroatoms. The summed E-state index contributed by atoms with van der Waals surface area (Å²) in [6.07, 6.45) is 2.73. The topological polar surface area (TPSA) is 30.8 Å². The van der Waals surface area contributed by atoms with Crippen LogP contribution in [0.25, 0.3) is 0 Å². The minimum atomic E-state index is 0.592. The lowest BCUT2D eigenvalue weighted by molar-refractivity contribution is 0.317. The molecule has 0 spiro atoms. The van der Waals surface area contributed by atoms with Gasteiger partial charge in [0.15, 0.2) is 0 Å². The van der Waals surface area contributed by atoms with E-state index in [4.69, 9.17) is 21.1 Å². The number of nitrogens with zero attached hydrogens (tertiary/aromatic N) is 1. The lowest BCUT2D eigenvalue weighted by Gasteiger charge is -2.07. The zero-order valence-corrected chi connectivity index (χ0v) is 15.3. The highest BCUT2D eigenvalue weighted by atomic mass is 35.5. The third kappa shape index (κ3) is 5.11. The van der Waals surface area contributed by atoms with Crippen LogP contribution in [0.5, 0.6) is 17.2 Å². The molecule has 0 atom stereocenters. The Labute approximate surface area is 158 Å². The Bertz CT molecular complexity index is 861. The molecule has 0 unspecified atom stereocenters. The predicted octanol–water partition coefficient (Wildman–Crippen LogP) is 6.67. The molecule has 0 aromatic heterocycles. The van der Waals surface area contributed by atoms with Crippen LogP contribution in [0.15, 0.2) is 77.8 Å². The molecule has 0 saturated carbocycles. The van der Waals surface area contributed by atoms with Crippen LogP contribution in [0.2, 0.25) is 5.02 Å². The minimum Gasteiger partial charge on any atom is -0.492 e. The molecule has 3 nitrogen and oxygen atoms in total. The maximum absolute atomic E-state index is 6.24. The third-order valence-corrected chi connectivity index (χ3v) is 3.89. The number of hydrogen-bond donors (Lipinski definition) is 0. The Balaban J connectivity index is 1.64. The van der Waals surface area contributed by atoms with Crippen LogP contribution >= 0.6 is 11.6 Å². The highest BCUT2D eigenvalue weighted by Gasteiger charge is 2.02. The predicted molar refractivity (Wildman–Crippen MR) is 107 cm³/mol. The Morgan fingerprint density at radius 3 is 2.35 bits per heavy atom. The molecule has 3 rings (SSSR count). The summed E-state index contributed by atoms with van der Waals surface area (Å²) in [6, 6.07) is 23.0. The number of para-hydroxylation sites is 1. The van der Waals surface area contributed by atoms with Crippen molar-refractivity contribution in [3.8, 4) is 17.2 Å². The van der Waals surface area contributed by atoms with Gasteiger partial charge in [0.1, 0.15) is 17.2 Å². The SMILES string of the molecule is CCCOc1ccc(C=Nc2ccc(Oc3ccccc3)cc2)cc1Cl. The average molecular weight is 366 g/mol. The van der Waals surface area contributed by atoms with Crippen molar-refractivity contribution in [2.75, 3.05) is 6.61 Å². The second-order valence-electron chi connectivity index (χ2n) is 5.71. The van der Waals surface area contributed by atoms with Crippen molar-refractivity contribution >= 4 is 23.5 Å². The summed E-state index contributed by atoms with van der Waals surface area (Å²) in [6.45, 7) is 2.72. The Kier molecular flexibility index (Phi) is 6.29. The van der Waals surface area contributed by atoms with E-state index >= 15 is 0 Å². The van der Waals surface area contributed by atoms with Gasteiger partial charge >= 0.3 is 0 Å². The van der Waals surface area contributed by atoms with Gasteiger partial charge in [0.25, 0.3) is 0 Å². The van der Waals surface area contributed by atoms with Gasteiger partial charge in [-0.3, -0.25) is 4.99 Å². The number of benzene rings is 3. The fourth-order valence-electron chi connectivity index (χ4n) is 2.30. The fourth-order valence-corrected chi connectivity index (χ4v) is 2.54. The smallest absolute Gasteiger partial charge is 0.137 e. The largest absolute Gasteiger partial charge is 0.492 e. The van der Waals surface area contributed by atoms with E-state index in [1.54, 1.807) is 6.21 Å². The van der Waals surface area contributed by atoms with Crippen LogP contribution in [-0.4, -0.2) is 12.8 Å². The summed E-state index contributed by atoms with van der Waals surface area (Å²) in [5.74, 6) is 2.28. The van der Waals surface area contributed by atoms with E-state index < -0.39 is 0 Å².